The second-order valence-corrected chi connectivity index (χ2v) is 2.00. The van der Waals surface area contributed by atoms with E-state index in [-0.39, 0.29) is 17.1 Å². The van der Waals surface area contributed by atoms with Crippen molar-refractivity contribution in [2.24, 2.45) is 0 Å². The zero-order chi connectivity index (χ0) is 6.10. The van der Waals surface area contributed by atoms with Crippen molar-refractivity contribution in [2.75, 3.05) is 0 Å². The number of H-pyrrole nitrogens is 1. The van der Waals surface area contributed by atoms with Crippen molar-refractivity contribution in [1.29, 1.82) is 0 Å². The zero-order valence-corrected chi connectivity index (χ0v) is 6.13. The first-order chi connectivity index (χ1) is 4.47. The molecule has 1 aromatic carbocycles. The van der Waals surface area contributed by atoms with Crippen molar-refractivity contribution in [3.8, 4) is 0 Å². The third-order valence-electron chi connectivity index (χ3n) is 1.40. The summed E-state index contributed by atoms with van der Waals surface area (Å²) in [5.41, 5.74) is 1.15. The summed E-state index contributed by atoms with van der Waals surface area (Å²) >= 11 is 0. The summed E-state index contributed by atoms with van der Waals surface area (Å²) in [5.74, 6) is 0. The first-order valence-electron chi connectivity index (χ1n) is 2.90. The summed E-state index contributed by atoms with van der Waals surface area (Å²) < 4.78 is 0. The van der Waals surface area contributed by atoms with Crippen LogP contribution in [0, 0.1) is 6.20 Å². The minimum atomic E-state index is 0. The molecule has 10 heavy (non-hydrogen) atoms. The Morgan fingerprint density at radius 1 is 1.20 bits per heavy atom. The molecule has 0 radical (unpaired) electrons. The van der Waals surface area contributed by atoms with E-state index in [0.717, 1.165) is 5.52 Å². The first-order valence-corrected chi connectivity index (χ1v) is 2.90. The maximum absolute atomic E-state index is 2.99. The van der Waals surface area contributed by atoms with E-state index in [1.54, 1.807) is 0 Å². The quantitative estimate of drug-likeness (QED) is 0.470. The summed E-state index contributed by atoms with van der Waals surface area (Å²) in [5, 5.41) is 1.22. The molecule has 0 bridgehead atoms. The molecule has 0 aliphatic heterocycles. The Labute approximate surface area is 69.9 Å². The molecule has 54 valence electrons. The van der Waals surface area contributed by atoms with Gasteiger partial charge in [0.05, 0.1) is 0 Å². The van der Waals surface area contributed by atoms with Crippen LogP contribution < -0.4 is 0 Å². The molecule has 0 aliphatic rings. The molecule has 0 fully saturated rings. The van der Waals surface area contributed by atoms with Gasteiger partial charge in [0.1, 0.15) is 0 Å². The molecule has 0 saturated heterocycles. The maximum atomic E-state index is 2.99. The molecule has 2 aromatic rings. The van der Waals surface area contributed by atoms with Gasteiger partial charge in [-0.2, -0.15) is 11.5 Å². The van der Waals surface area contributed by atoms with Crippen LogP contribution in [0.4, 0.5) is 0 Å². The van der Waals surface area contributed by atoms with Crippen molar-refractivity contribution in [3.05, 3.63) is 36.5 Å². The molecule has 1 nitrogen and oxygen atoms in total. The van der Waals surface area contributed by atoms with Gasteiger partial charge in [-0.05, 0) is 0 Å². The van der Waals surface area contributed by atoms with E-state index in [2.05, 4.69) is 17.2 Å². The summed E-state index contributed by atoms with van der Waals surface area (Å²) in [6.45, 7) is 0. The molecule has 1 aromatic heterocycles. The summed E-state index contributed by atoms with van der Waals surface area (Å²) in [4.78, 5) is 2.99. The van der Waals surface area contributed by atoms with E-state index in [0.29, 0.717) is 0 Å². The van der Waals surface area contributed by atoms with Crippen molar-refractivity contribution in [2.45, 2.75) is 0 Å². The zero-order valence-electron chi connectivity index (χ0n) is 5.19. The van der Waals surface area contributed by atoms with Crippen molar-refractivity contribution in [3.63, 3.8) is 0 Å². The van der Waals surface area contributed by atoms with Gasteiger partial charge in [0.2, 0.25) is 0 Å². The minimum absolute atomic E-state index is 0. The number of hydrogen-bond donors (Lipinski definition) is 1. The Morgan fingerprint density at radius 3 is 2.80 bits per heavy atom. The van der Waals surface area contributed by atoms with Gasteiger partial charge in [-0.1, -0.05) is 12.1 Å². The largest absolute Gasteiger partial charge is 1.00 e. The predicted octanol–water partition coefficient (Wildman–Crippen LogP) is 1.97. The smallest absolute Gasteiger partial charge is 0.477 e. The minimum Gasteiger partial charge on any atom is -0.477 e. The van der Waals surface area contributed by atoms with Crippen molar-refractivity contribution in [1.82, 2.24) is 4.98 Å². The fourth-order valence-corrected chi connectivity index (χ4v) is 0.928. The molecule has 0 unspecified atom stereocenters. The molecule has 0 amide bonds. The fourth-order valence-electron chi connectivity index (χ4n) is 0.928. The predicted molar refractivity (Wildman–Crippen MR) is 37.1 cm³/mol. The molecular formula is C8H6CuN. The SMILES string of the molecule is [Cu+].[c-]1cc2ccccc2[nH]1. The number of aromatic amines is 1. The van der Waals surface area contributed by atoms with E-state index >= 15 is 0 Å². The van der Waals surface area contributed by atoms with Gasteiger partial charge in [-0.25, -0.2) is 0 Å². The van der Waals surface area contributed by atoms with E-state index in [1.165, 1.54) is 5.39 Å². The number of para-hydroxylation sites is 1. The Bertz CT molecular complexity index is 283. The Morgan fingerprint density at radius 2 is 2.00 bits per heavy atom. The standard InChI is InChI=1S/C8H6N.Cu/c1-2-4-8-7(3-1)5-6-9-8;/h1-5,9H;/q-1;+1. The van der Waals surface area contributed by atoms with Crippen LogP contribution in [0.3, 0.4) is 0 Å². The topological polar surface area (TPSA) is 15.8 Å². The normalized spacial score (nSPS) is 9.20. The van der Waals surface area contributed by atoms with Gasteiger partial charge in [0, 0.05) is 0 Å². The van der Waals surface area contributed by atoms with E-state index in [1.807, 2.05) is 24.3 Å². The van der Waals surface area contributed by atoms with Crippen LogP contribution in [-0.2, 0) is 17.1 Å². The molecule has 2 heteroatoms. The van der Waals surface area contributed by atoms with E-state index in [9.17, 15) is 0 Å². The van der Waals surface area contributed by atoms with Crippen molar-refractivity contribution < 1.29 is 17.1 Å². The number of benzene rings is 1. The van der Waals surface area contributed by atoms with Gasteiger partial charge in [-0.3, -0.25) is 0 Å². The number of rotatable bonds is 0. The molecule has 0 aliphatic carbocycles. The Balaban J connectivity index is 0.000000500. The van der Waals surface area contributed by atoms with Crippen LogP contribution in [-0.4, -0.2) is 4.98 Å². The Hall–Kier alpha value is -0.721. The molecule has 0 atom stereocenters. The summed E-state index contributed by atoms with van der Waals surface area (Å²) in [7, 11) is 0. The average molecular weight is 180 g/mol. The molecular weight excluding hydrogens is 174 g/mol. The Kier molecular flexibility index (Phi) is 2.15. The number of nitrogens with one attached hydrogen (secondary N) is 1. The second kappa shape index (κ2) is 2.91. The fraction of sp³-hybridized carbons (Fsp3) is 0. The van der Waals surface area contributed by atoms with Crippen LogP contribution in [0.1, 0.15) is 0 Å². The molecule has 1 N–H and O–H groups in total. The van der Waals surface area contributed by atoms with Crippen LogP contribution >= 0.6 is 0 Å². The van der Waals surface area contributed by atoms with Gasteiger partial charge < -0.3 is 4.98 Å². The average Bonchev–Trinajstić information content (AvgIpc) is 2.33. The van der Waals surface area contributed by atoms with Crippen LogP contribution in [0.15, 0.2) is 30.3 Å². The third-order valence-corrected chi connectivity index (χ3v) is 1.40. The van der Waals surface area contributed by atoms with Gasteiger partial charge in [0.25, 0.3) is 0 Å². The van der Waals surface area contributed by atoms with Crippen LogP contribution in [0.2, 0.25) is 0 Å². The summed E-state index contributed by atoms with van der Waals surface area (Å²) in [6.07, 6.45) is 2.91. The monoisotopic (exact) mass is 179 g/mol. The second-order valence-electron chi connectivity index (χ2n) is 2.00. The van der Waals surface area contributed by atoms with Crippen LogP contribution in [0.25, 0.3) is 10.9 Å². The number of fused-ring (bicyclic) bond motifs is 1. The molecule has 2 rings (SSSR count). The van der Waals surface area contributed by atoms with E-state index < -0.39 is 0 Å². The molecule has 0 saturated carbocycles. The van der Waals surface area contributed by atoms with Gasteiger partial charge in [-0.15, -0.1) is 23.8 Å². The number of aromatic nitrogens is 1. The first kappa shape index (κ1) is 7.39. The van der Waals surface area contributed by atoms with Crippen molar-refractivity contribution >= 4 is 10.9 Å². The van der Waals surface area contributed by atoms with E-state index in [4.69, 9.17) is 0 Å². The molecule has 0 spiro atoms. The van der Waals surface area contributed by atoms with Gasteiger partial charge in [0.15, 0.2) is 0 Å². The summed E-state index contributed by atoms with van der Waals surface area (Å²) in [6, 6.07) is 10.1. The third kappa shape index (κ3) is 1.08. The molecule has 1 heterocycles. The van der Waals surface area contributed by atoms with Gasteiger partial charge >= 0.3 is 17.1 Å². The van der Waals surface area contributed by atoms with Crippen LogP contribution in [0.5, 0.6) is 0 Å². The maximum Gasteiger partial charge on any atom is 1.00 e. The number of hydrogen-bond acceptors (Lipinski definition) is 0.